The average molecular weight is 242 g/mol. The summed E-state index contributed by atoms with van der Waals surface area (Å²) in [6.45, 7) is 1.89. The minimum absolute atomic E-state index is 0.0841. The van der Waals surface area contributed by atoms with Gasteiger partial charge in [0.15, 0.2) is 5.38 Å². The van der Waals surface area contributed by atoms with Crippen molar-refractivity contribution in [2.45, 2.75) is 12.3 Å². The molecule has 15 heavy (non-hydrogen) atoms. The van der Waals surface area contributed by atoms with Crippen molar-refractivity contribution < 1.29 is 8.42 Å². The smallest absolute Gasteiger partial charge is 0.196 e. The molecular weight excluding hydrogens is 234 g/mol. The minimum atomic E-state index is -2.48. The fourth-order valence-corrected chi connectivity index (χ4v) is 2.00. The van der Waals surface area contributed by atoms with Gasteiger partial charge in [-0.05, 0) is 12.5 Å². The molecule has 3 nitrogen and oxygen atoms in total. The van der Waals surface area contributed by atoms with E-state index in [-0.39, 0.29) is 4.86 Å². The summed E-state index contributed by atoms with van der Waals surface area (Å²) >= 11 is 5.61. The van der Waals surface area contributed by atoms with Gasteiger partial charge in [-0.2, -0.15) is 13.7 Å². The zero-order chi connectivity index (χ0) is 11.4. The van der Waals surface area contributed by atoms with Crippen LogP contribution in [0.1, 0.15) is 11.1 Å². The Bertz CT molecular complexity index is 518. The molecule has 0 fully saturated rings. The monoisotopic (exact) mass is 241 g/mol. The summed E-state index contributed by atoms with van der Waals surface area (Å²) < 4.78 is 21.8. The van der Waals surface area contributed by atoms with Crippen LogP contribution in [-0.2, 0) is 10.3 Å². The van der Waals surface area contributed by atoms with Gasteiger partial charge < -0.3 is 0 Å². The first-order valence-corrected chi connectivity index (χ1v) is 5.64. The van der Waals surface area contributed by atoms with E-state index in [9.17, 15) is 8.42 Å². The second-order valence-electron chi connectivity index (χ2n) is 2.96. The third kappa shape index (κ3) is 2.82. The van der Waals surface area contributed by atoms with Crippen LogP contribution >= 0.6 is 11.6 Å². The summed E-state index contributed by atoms with van der Waals surface area (Å²) in [5.74, 6) is 0. The number of hydrogen-bond donors (Lipinski definition) is 0. The number of nitrogens with zero attached hydrogens (tertiary/aromatic N) is 1. The van der Waals surface area contributed by atoms with Crippen LogP contribution in [0.5, 0.6) is 0 Å². The van der Waals surface area contributed by atoms with E-state index >= 15 is 0 Å². The van der Waals surface area contributed by atoms with Gasteiger partial charge in [-0.15, -0.1) is 11.6 Å². The van der Waals surface area contributed by atoms with E-state index < -0.39 is 15.7 Å². The van der Waals surface area contributed by atoms with Crippen LogP contribution in [-0.4, -0.2) is 18.7 Å². The van der Waals surface area contributed by atoms with Crippen LogP contribution in [0.2, 0.25) is 0 Å². The van der Waals surface area contributed by atoms with E-state index in [0.717, 1.165) is 5.56 Å². The Labute approximate surface area is 94.4 Å². The third-order valence-electron chi connectivity index (χ3n) is 1.86. The van der Waals surface area contributed by atoms with Crippen molar-refractivity contribution in [3.63, 3.8) is 0 Å². The molecule has 0 heterocycles. The van der Waals surface area contributed by atoms with Gasteiger partial charge in [0, 0.05) is 0 Å². The van der Waals surface area contributed by atoms with Gasteiger partial charge in [0.1, 0.15) is 4.86 Å². The van der Waals surface area contributed by atoms with E-state index in [1.54, 1.807) is 30.3 Å². The Balaban J connectivity index is 3.32. The van der Waals surface area contributed by atoms with Crippen LogP contribution in [0, 0.1) is 18.3 Å². The number of nitriles is 1. The van der Waals surface area contributed by atoms with Crippen molar-refractivity contribution in [2.24, 2.45) is 0 Å². The van der Waals surface area contributed by atoms with Crippen molar-refractivity contribution in [1.29, 1.82) is 5.26 Å². The van der Waals surface area contributed by atoms with Crippen molar-refractivity contribution in [3.05, 3.63) is 35.4 Å². The molecule has 0 saturated heterocycles. The molecule has 1 aromatic rings. The number of benzene rings is 1. The Hall–Kier alpha value is -1.31. The van der Waals surface area contributed by atoms with E-state index in [2.05, 4.69) is 0 Å². The summed E-state index contributed by atoms with van der Waals surface area (Å²) in [6, 6.07) is 8.49. The quantitative estimate of drug-likeness (QED) is 0.448. The molecule has 0 N–H and O–H groups in total. The first-order chi connectivity index (χ1) is 7.06. The lowest BCUT2D eigenvalue weighted by Crippen LogP contribution is -2.15. The van der Waals surface area contributed by atoms with Gasteiger partial charge >= 0.3 is 0 Å². The molecule has 78 valence electrons. The molecule has 0 aliphatic rings. The van der Waals surface area contributed by atoms with Crippen LogP contribution in [0.4, 0.5) is 0 Å². The Kier molecular flexibility index (Phi) is 3.89. The highest BCUT2D eigenvalue weighted by molar-refractivity contribution is 7.73. The molecule has 1 unspecified atom stereocenters. The van der Waals surface area contributed by atoms with E-state index in [1.165, 1.54) is 0 Å². The van der Waals surface area contributed by atoms with Crippen LogP contribution in [0.15, 0.2) is 24.3 Å². The first-order valence-electron chi connectivity index (χ1n) is 4.13. The lowest BCUT2D eigenvalue weighted by Gasteiger charge is -2.02. The van der Waals surface area contributed by atoms with Gasteiger partial charge in [0.05, 0.1) is 6.07 Å². The molecule has 1 rings (SSSR count). The van der Waals surface area contributed by atoms with Gasteiger partial charge in [0.2, 0.25) is 10.3 Å². The Morgan fingerprint density at radius 3 is 2.33 bits per heavy atom. The van der Waals surface area contributed by atoms with Crippen LogP contribution in [0.25, 0.3) is 0 Å². The molecule has 0 saturated carbocycles. The molecular formula is C10H8ClNO2S. The number of halogens is 1. The minimum Gasteiger partial charge on any atom is -0.196 e. The number of aryl methyl sites for hydroxylation is 1. The lowest BCUT2D eigenvalue weighted by atomic mass is 10.1. The average Bonchev–Trinajstić information content (AvgIpc) is 2.20. The standard InChI is InChI=1S/C10H8ClNO2S/c1-7-2-4-8(5-3-7)10(15(13)14)9(11)6-12/h2-5,9H,1H3. The zero-order valence-corrected chi connectivity index (χ0v) is 9.51. The molecule has 0 aromatic heterocycles. The highest BCUT2D eigenvalue weighted by atomic mass is 35.5. The zero-order valence-electron chi connectivity index (χ0n) is 7.94. The molecule has 0 amide bonds. The normalized spacial score (nSPS) is 11.5. The van der Waals surface area contributed by atoms with Crippen LogP contribution in [0.3, 0.4) is 0 Å². The molecule has 0 spiro atoms. The van der Waals surface area contributed by atoms with E-state index in [0.29, 0.717) is 5.56 Å². The van der Waals surface area contributed by atoms with E-state index in [1.807, 2.05) is 6.92 Å². The number of hydrogen-bond acceptors (Lipinski definition) is 3. The second-order valence-corrected chi connectivity index (χ2v) is 4.30. The fourth-order valence-electron chi connectivity index (χ4n) is 1.10. The number of rotatable bonds is 2. The maximum atomic E-state index is 10.9. The van der Waals surface area contributed by atoms with Crippen molar-refractivity contribution >= 4 is 26.8 Å². The molecule has 0 aliphatic heterocycles. The molecule has 1 aromatic carbocycles. The maximum Gasteiger partial charge on any atom is 0.220 e. The van der Waals surface area contributed by atoms with Gasteiger partial charge in [-0.1, -0.05) is 29.8 Å². The predicted molar refractivity (Wildman–Crippen MR) is 59.5 cm³/mol. The van der Waals surface area contributed by atoms with Crippen molar-refractivity contribution in [2.75, 3.05) is 0 Å². The summed E-state index contributed by atoms with van der Waals surface area (Å²) in [6.07, 6.45) is 0. The summed E-state index contributed by atoms with van der Waals surface area (Å²) in [7, 11) is -2.48. The Morgan fingerprint density at radius 2 is 1.93 bits per heavy atom. The predicted octanol–water partition coefficient (Wildman–Crippen LogP) is 1.53. The second kappa shape index (κ2) is 4.96. The molecule has 0 aliphatic carbocycles. The van der Waals surface area contributed by atoms with E-state index in [4.69, 9.17) is 16.9 Å². The summed E-state index contributed by atoms with van der Waals surface area (Å²) in [5.41, 5.74) is 1.47. The summed E-state index contributed by atoms with van der Waals surface area (Å²) in [4.78, 5) is -0.0841. The maximum absolute atomic E-state index is 10.9. The fraction of sp³-hybridized carbons (Fsp3) is 0.200. The molecule has 0 bridgehead atoms. The topological polar surface area (TPSA) is 57.9 Å². The van der Waals surface area contributed by atoms with Gasteiger partial charge in [0.25, 0.3) is 0 Å². The molecule has 1 atom stereocenters. The lowest BCUT2D eigenvalue weighted by molar-refractivity contribution is 0.627. The SMILES string of the molecule is Cc1ccc(C(C(Cl)C#N)=S(=O)=O)cc1. The molecule has 0 radical (unpaired) electrons. The highest BCUT2D eigenvalue weighted by Gasteiger charge is 2.15. The van der Waals surface area contributed by atoms with Crippen LogP contribution < -0.4 is 0 Å². The van der Waals surface area contributed by atoms with Gasteiger partial charge in [-0.25, -0.2) is 0 Å². The first kappa shape index (κ1) is 11.8. The van der Waals surface area contributed by atoms with Crippen molar-refractivity contribution in [1.82, 2.24) is 0 Å². The Morgan fingerprint density at radius 1 is 1.40 bits per heavy atom. The van der Waals surface area contributed by atoms with Crippen molar-refractivity contribution in [3.8, 4) is 6.07 Å². The third-order valence-corrected chi connectivity index (χ3v) is 3.13. The summed E-state index contributed by atoms with van der Waals surface area (Å²) in [5, 5.41) is 7.45. The van der Waals surface area contributed by atoms with Gasteiger partial charge in [-0.3, -0.25) is 0 Å². The molecule has 5 heteroatoms. The number of alkyl halides is 1. The largest absolute Gasteiger partial charge is 0.220 e. The highest BCUT2D eigenvalue weighted by Crippen LogP contribution is 2.09.